The highest BCUT2D eigenvalue weighted by Gasteiger charge is 2.44. The molecule has 2 rings (SSSR count). The number of rotatable bonds is 2. The standard InChI is InChI=1S/C19H26N4OS/c1-18(2)11-6-12-19(3,4)23(18)16(24)14-7-9-15(10-8-14)22-17(25-5)21-13-20/h7-10H,6,11-12H2,1-5H3,(H,21,22). The first-order chi connectivity index (χ1) is 11.7. The number of nitrogens with one attached hydrogen (secondary N) is 1. The minimum Gasteiger partial charge on any atom is -0.328 e. The summed E-state index contributed by atoms with van der Waals surface area (Å²) >= 11 is 1.36. The molecular weight excluding hydrogens is 332 g/mol. The number of carbonyl (C=O) groups is 1. The van der Waals surface area contributed by atoms with E-state index < -0.39 is 0 Å². The van der Waals surface area contributed by atoms with Crippen molar-refractivity contribution in [3.05, 3.63) is 29.8 Å². The van der Waals surface area contributed by atoms with Crippen molar-refractivity contribution in [3.8, 4) is 6.19 Å². The van der Waals surface area contributed by atoms with Crippen LogP contribution in [-0.2, 0) is 0 Å². The lowest BCUT2D eigenvalue weighted by Gasteiger charge is -2.53. The molecule has 0 bridgehead atoms. The Morgan fingerprint density at radius 1 is 1.20 bits per heavy atom. The smallest absolute Gasteiger partial charge is 0.254 e. The zero-order valence-electron chi connectivity index (χ0n) is 15.6. The van der Waals surface area contributed by atoms with E-state index in [1.54, 1.807) is 0 Å². The third-order valence-corrected chi connectivity index (χ3v) is 5.27. The molecule has 1 fully saturated rings. The van der Waals surface area contributed by atoms with Crippen molar-refractivity contribution in [3.63, 3.8) is 0 Å². The van der Waals surface area contributed by atoms with Crippen molar-refractivity contribution in [2.24, 2.45) is 4.99 Å². The maximum absolute atomic E-state index is 13.2. The highest BCUT2D eigenvalue weighted by Crippen LogP contribution is 2.39. The summed E-state index contributed by atoms with van der Waals surface area (Å²) in [4.78, 5) is 19.5. The lowest BCUT2D eigenvalue weighted by molar-refractivity contribution is -0.0111. The van der Waals surface area contributed by atoms with Crippen LogP contribution in [0, 0.1) is 11.5 Å². The zero-order chi connectivity index (χ0) is 18.7. The van der Waals surface area contributed by atoms with Crippen LogP contribution < -0.4 is 5.32 Å². The Morgan fingerprint density at radius 3 is 2.24 bits per heavy atom. The molecule has 0 aromatic heterocycles. The van der Waals surface area contributed by atoms with Crippen LogP contribution in [0.3, 0.4) is 0 Å². The number of amidine groups is 1. The van der Waals surface area contributed by atoms with E-state index in [2.05, 4.69) is 38.0 Å². The lowest BCUT2D eigenvalue weighted by atomic mass is 9.79. The van der Waals surface area contributed by atoms with Gasteiger partial charge in [-0.1, -0.05) is 11.8 Å². The van der Waals surface area contributed by atoms with Gasteiger partial charge in [0.15, 0.2) is 11.4 Å². The van der Waals surface area contributed by atoms with Gasteiger partial charge >= 0.3 is 0 Å². The molecule has 1 aliphatic rings. The van der Waals surface area contributed by atoms with E-state index in [1.807, 2.05) is 41.6 Å². The monoisotopic (exact) mass is 358 g/mol. The molecule has 0 radical (unpaired) electrons. The molecular formula is C19H26N4OS. The maximum atomic E-state index is 13.2. The minimum absolute atomic E-state index is 0.0606. The predicted molar refractivity (Wildman–Crippen MR) is 104 cm³/mol. The van der Waals surface area contributed by atoms with Crippen LogP contribution in [0.1, 0.15) is 57.3 Å². The molecule has 5 nitrogen and oxygen atoms in total. The average Bonchev–Trinajstić information content (AvgIpc) is 2.53. The van der Waals surface area contributed by atoms with Gasteiger partial charge < -0.3 is 4.90 Å². The number of thioether (sulfide) groups is 1. The molecule has 25 heavy (non-hydrogen) atoms. The number of nitriles is 1. The SMILES string of the molecule is CSC(=Nc1ccc(C(=O)N2C(C)(C)CCCC2(C)C)cc1)NC#N. The third-order valence-electron chi connectivity index (χ3n) is 4.69. The van der Waals surface area contributed by atoms with Crippen LogP contribution in [-0.4, -0.2) is 33.3 Å². The molecule has 1 heterocycles. The average molecular weight is 359 g/mol. The normalized spacial score (nSPS) is 19.2. The molecule has 1 aromatic carbocycles. The van der Waals surface area contributed by atoms with Crippen molar-refractivity contribution in [1.29, 1.82) is 5.26 Å². The summed E-state index contributed by atoms with van der Waals surface area (Å²) < 4.78 is 0. The lowest BCUT2D eigenvalue weighted by Crippen LogP contribution is -2.60. The van der Waals surface area contributed by atoms with E-state index in [-0.39, 0.29) is 17.0 Å². The number of carbonyl (C=O) groups excluding carboxylic acids is 1. The molecule has 0 atom stereocenters. The van der Waals surface area contributed by atoms with Gasteiger partial charge in [0.05, 0.1) is 5.69 Å². The summed E-state index contributed by atoms with van der Waals surface area (Å²) in [5.74, 6) is 0.0606. The van der Waals surface area contributed by atoms with Crippen molar-refractivity contribution < 1.29 is 4.79 Å². The Balaban J connectivity index is 2.27. The maximum Gasteiger partial charge on any atom is 0.254 e. The Bertz CT molecular complexity index is 685. The first kappa shape index (κ1) is 19.3. The second-order valence-corrected chi connectivity index (χ2v) is 8.32. The molecule has 134 valence electrons. The number of nitrogens with zero attached hydrogens (tertiary/aromatic N) is 3. The van der Waals surface area contributed by atoms with Gasteiger partial charge in [-0.05, 0) is 77.5 Å². The Labute approximate surface area is 154 Å². The first-order valence-corrected chi connectivity index (χ1v) is 9.66. The van der Waals surface area contributed by atoms with E-state index in [4.69, 9.17) is 5.26 Å². The summed E-state index contributed by atoms with van der Waals surface area (Å²) in [6, 6.07) is 7.25. The molecule has 1 aliphatic heterocycles. The largest absolute Gasteiger partial charge is 0.328 e. The number of hydrogen-bond acceptors (Lipinski definition) is 4. The van der Waals surface area contributed by atoms with Gasteiger partial charge in [-0.2, -0.15) is 5.26 Å². The van der Waals surface area contributed by atoms with Gasteiger partial charge in [-0.3, -0.25) is 10.1 Å². The van der Waals surface area contributed by atoms with Gasteiger partial charge in [0, 0.05) is 16.6 Å². The first-order valence-electron chi connectivity index (χ1n) is 8.44. The Hall–Kier alpha value is -2.00. The fraction of sp³-hybridized carbons (Fsp3) is 0.526. The predicted octanol–water partition coefficient (Wildman–Crippen LogP) is 4.29. The van der Waals surface area contributed by atoms with Gasteiger partial charge in [0.1, 0.15) is 0 Å². The van der Waals surface area contributed by atoms with E-state index >= 15 is 0 Å². The fourth-order valence-electron chi connectivity index (χ4n) is 3.64. The van der Waals surface area contributed by atoms with Crippen LogP contribution in [0.4, 0.5) is 5.69 Å². The quantitative estimate of drug-likeness (QED) is 0.370. The fourth-order valence-corrected chi connectivity index (χ4v) is 3.99. The van der Waals surface area contributed by atoms with Crippen LogP contribution in [0.5, 0.6) is 0 Å². The van der Waals surface area contributed by atoms with E-state index in [9.17, 15) is 4.79 Å². The molecule has 1 aromatic rings. The van der Waals surface area contributed by atoms with Crippen molar-refractivity contribution in [2.45, 2.75) is 58.0 Å². The summed E-state index contributed by atoms with van der Waals surface area (Å²) in [5.41, 5.74) is 1.07. The highest BCUT2D eigenvalue weighted by molar-refractivity contribution is 8.13. The summed E-state index contributed by atoms with van der Waals surface area (Å²) in [6.45, 7) is 8.57. The number of hydrogen-bond donors (Lipinski definition) is 1. The molecule has 0 aliphatic carbocycles. The van der Waals surface area contributed by atoms with Crippen LogP contribution in [0.25, 0.3) is 0 Å². The van der Waals surface area contributed by atoms with Crippen LogP contribution in [0.15, 0.2) is 29.3 Å². The van der Waals surface area contributed by atoms with Crippen molar-refractivity contribution >= 4 is 28.5 Å². The second-order valence-electron chi connectivity index (χ2n) is 7.52. The molecule has 0 unspecified atom stereocenters. The molecule has 1 saturated heterocycles. The van der Waals surface area contributed by atoms with Gasteiger partial charge in [-0.15, -0.1) is 0 Å². The number of benzene rings is 1. The van der Waals surface area contributed by atoms with E-state index in [0.29, 0.717) is 16.4 Å². The molecule has 0 spiro atoms. The topological polar surface area (TPSA) is 68.5 Å². The number of amides is 1. The highest BCUT2D eigenvalue weighted by atomic mass is 32.2. The third kappa shape index (κ3) is 4.35. The molecule has 1 amide bonds. The Morgan fingerprint density at radius 2 is 1.76 bits per heavy atom. The van der Waals surface area contributed by atoms with Gasteiger partial charge in [-0.25, -0.2) is 4.99 Å². The Kier molecular flexibility index (Phi) is 5.79. The van der Waals surface area contributed by atoms with Crippen molar-refractivity contribution in [1.82, 2.24) is 10.2 Å². The number of aliphatic imine (C=N–C) groups is 1. The van der Waals surface area contributed by atoms with Gasteiger partial charge in [0.25, 0.3) is 5.91 Å². The summed E-state index contributed by atoms with van der Waals surface area (Å²) in [5, 5.41) is 11.8. The number of likely N-dealkylation sites (tertiary alicyclic amines) is 1. The summed E-state index contributed by atoms with van der Waals surface area (Å²) in [6.07, 6.45) is 6.89. The zero-order valence-corrected chi connectivity index (χ0v) is 16.4. The van der Waals surface area contributed by atoms with Crippen LogP contribution >= 0.6 is 11.8 Å². The van der Waals surface area contributed by atoms with E-state index in [1.165, 1.54) is 11.8 Å². The summed E-state index contributed by atoms with van der Waals surface area (Å²) in [7, 11) is 0. The van der Waals surface area contributed by atoms with Crippen LogP contribution in [0.2, 0.25) is 0 Å². The molecule has 6 heteroatoms. The number of piperidine rings is 1. The second kappa shape index (κ2) is 7.49. The van der Waals surface area contributed by atoms with E-state index in [0.717, 1.165) is 19.3 Å². The van der Waals surface area contributed by atoms with Crippen molar-refractivity contribution in [2.75, 3.05) is 6.26 Å². The minimum atomic E-state index is -0.154. The molecule has 0 saturated carbocycles. The van der Waals surface area contributed by atoms with Gasteiger partial charge in [0.2, 0.25) is 0 Å². The molecule has 1 N–H and O–H groups in total.